The van der Waals surface area contributed by atoms with Crippen molar-refractivity contribution in [2.45, 2.75) is 20.8 Å². The summed E-state index contributed by atoms with van der Waals surface area (Å²) in [6, 6.07) is 9.60. The van der Waals surface area contributed by atoms with Crippen molar-refractivity contribution in [1.29, 1.82) is 0 Å². The molecule has 126 valence electrons. The van der Waals surface area contributed by atoms with Gasteiger partial charge in [-0.05, 0) is 73.4 Å². The number of nitrogens with zero attached hydrogens (tertiary/aromatic N) is 2. The van der Waals surface area contributed by atoms with Crippen molar-refractivity contribution in [3.63, 3.8) is 0 Å². The summed E-state index contributed by atoms with van der Waals surface area (Å²) < 4.78 is 0. The van der Waals surface area contributed by atoms with Crippen LogP contribution in [0.15, 0.2) is 48.9 Å². The number of anilines is 2. The number of amides is 1. The number of benzene rings is 1. The van der Waals surface area contributed by atoms with E-state index >= 15 is 0 Å². The van der Waals surface area contributed by atoms with Gasteiger partial charge in [-0.1, -0.05) is 0 Å². The van der Waals surface area contributed by atoms with Crippen LogP contribution in [0.5, 0.6) is 0 Å². The van der Waals surface area contributed by atoms with Crippen molar-refractivity contribution in [1.82, 2.24) is 9.97 Å². The fourth-order valence-corrected chi connectivity index (χ4v) is 2.98. The zero-order valence-corrected chi connectivity index (χ0v) is 14.5. The highest BCUT2D eigenvalue weighted by Crippen LogP contribution is 2.31. The van der Waals surface area contributed by atoms with Gasteiger partial charge in [-0.2, -0.15) is 0 Å². The number of nitrogens with two attached hydrogens (primary N) is 1. The maximum Gasteiger partial charge on any atom is 0.248 e. The predicted molar refractivity (Wildman–Crippen MR) is 99.9 cm³/mol. The van der Waals surface area contributed by atoms with E-state index in [0.717, 1.165) is 39.3 Å². The molecule has 0 radical (unpaired) electrons. The molecule has 5 heteroatoms. The van der Waals surface area contributed by atoms with Gasteiger partial charge in [0, 0.05) is 23.5 Å². The second kappa shape index (κ2) is 6.73. The second-order valence-corrected chi connectivity index (χ2v) is 6.03. The van der Waals surface area contributed by atoms with Crippen molar-refractivity contribution >= 4 is 17.4 Å². The van der Waals surface area contributed by atoms with Crippen molar-refractivity contribution in [2.24, 2.45) is 5.73 Å². The molecule has 3 rings (SSSR count). The summed E-state index contributed by atoms with van der Waals surface area (Å²) in [7, 11) is 0. The average molecular weight is 332 g/mol. The molecule has 3 aromatic rings. The number of carbonyl (C=O) groups is 1. The SMILES string of the molecule is Cc1cc(C(N)=O)c(C)c(C)c1-c1ccc(Nc2cccnc2)nc1. The number of nitrogens with one attached hydrogen (secondary N) is 1. The van der Waals surface area contributed by atoms with Gasteiger partial charge >= 0.3 is 0 Å². The molecule has 0 spiro atoms. The summed E-state index contributed by atoms with van der Waals surface area (Å²) in [5.74, 6) is 0.349. The molecule has 0 bridgehead atoms. The van der Waals surface area contributed by atoms with E-state index in [9.17, 15) is 4.79 Å². The zero-order valence-electron chi connectivity index (χ0n) is 14.5. The molecule has 3 N–H and O–H groups in total. The molecule has 2 heterocycles. The molecule has 0 aliphatic rings. The third kappa shape index (κ3) is 3.35. The van der Waals surface area contributed by atoms with Gasteiger partial charge in [0.25, 0.3) is 0 Å². The van der Waals surface area contributed by atoms with E-state index in [0.29, 0.717) is 5.56 Å². The average Bonchev–Trinajstić information content (AvgIpc) is 2.60. The first kappa shape index (κ1) is 16.6. The fourth-order valence-electron chi connectivity index (χ4n) is 2.98. The van der Waals surface area contributed by atoms with Crippen LogP contribution in [-0.2, 0) is 0 Å². The fraction of sp³-hybridized carbons (Fsp3) is 0.150. The molecule has 1 aromatic carbocycles. The lowest BCUT2D eigenvalue weighted by atomic mass is 9.90. The summed E-state index contributed by atoms with van der Waals surface area (Å²) >= 11 is 0. The number of aryl methyl sites for hydroxylation is 1. The van der Waals surface area contributed by atoms with Gasteiger partial charge in [0.05, 0.1) is 11.9 Å². The van der Waals surface area contributed by atoms with Crippen LogP contribution in [-0.4, -0.2) is 15.9 Å². The maximum atomic E-state index is 11.6. The van der Waals surface area contributed by atoms with Crippen LogP contribution in [0.2, 0.25) is 0 Å². The number of aromatic nitrogens is 2. The summed E-state index contributed by atoms with van der Waals surface area (Å²) in [6.45, 7) is 5.91. The van der Waals surface area contributed by atoms with Crippen molar-refractivity contribution in [3.8, 4) is 11.1 Å². The molecule has 0 saturated heterocycles. The topological polar surface area (TPSA) is 80.9 Å². The monoisotopic (exact) mass is 332 g/mol. The molecular formula is C20H20N4O. The zero-order chi connectivity index (χ0) is 18.0. The number of carbonyl (C=O) groups excluding carboxylic acids is 1. The van der Waals surface area contributed by atoms with Crippen LogP contribution in [0.4, 0.5) is 11.5 Å². The van der Waals surface area contributed by atoms with Crippen molar-refractivity contribution in [2.75, 3.05) is 5.32 Å². The first-order chi connectivity index (χ1) is 12.0. The molecule has 0 fully saturated rings. The molecule has 25 heavy (non-hydrogen) atoms. The molecule has 5 nitrogen and oxygen atoms in total. The van der Waals surface area contributed by atoms with Gasteiger partial charge in [-0.25, -0.2) is 4.98 Å². The Morgan fingerprint density at radius 2 is 1.88 bits per heavy atom. The molecule has 0 unspecified atom stereocenters. The number of primary amides is 1. The van der Waals surface area contributed by atoms with E-state index in [4.69, 9.17) is 5.73 Å². The molecule has 0 aliphatic heterocycles. The van der Waals surface area contributed by atoms with Gasteiger partial charge in [-0.15, -0.1) is 0 Å². The highest BCUT2D eigenvalue weighted by molar-refractivity contribution is 5.96. The van der Waals surface area contributed by atoms with Crippen LogP contribution in [0.25, 0.3) is 11.1 Å². The molecule has 0 atom stereocenters. The lowest BCUT2D eigenvalue weighted by Crippen LogP contribution is -2.14. The van der Waals surface area contributed by atoms with Gasteiger partial charge in [0.15, 0.2) is 0 Å². The first-order valence-corrected chi connectivity index (χ1v) is 8.01. The lowest BCUT2D eigenvalue weighted by molar-refractivity contribution is 0.0999. The predicted octanol–water partition coefficient (Wildman–Crippen LogP) is 3.91. The largest absolute Gasteiger partial charge is 0.366 e. The molecule has 1 amide bonds. The highest BCUT2D eigenvalue weighted by atomic mass is 16.1. The van der Waals surface area contributed by atoms with Gasteiger partial charge in [-0.3, -0.25) is 9.78 Å². The summed E-state index contributed by atoms with van der Waals surface area (Å²) in [5.41, 5.74) is 12.0. The van der Waals surface area contributed by atoms with Gasteiger partial charge in [0.1, 0.15) is 5.82 Å². The minimum Gasteiger partial charge on any atom is -0.366 e. The van der Waals surface area contributed by atoms with E-state index < -0.39 is 5.91 Å². The Balaban J connectivity index is 1.95. The van der Waals surface area contributed by atoms with Crippen LogP contribution in [0.1, 0.15) is 27.0 Å². The van der Waals surface area contributed by atoms with Crippen LogP contribution in [0.3, 0.4) is 0 Å². The minimum atomic E-state index is -0.399. The van der Waals surface area contributed by atoms with E-state index in [1.807, 2.05) is 57.3 Å². The Kier molecular flexibility index (Phi) is 4.48. The molecule has 2 aromatic heterocycles. The summed E-state index contributed by atoms with van der Waals surface area (Å²) in [4.78, 5) is 20.2. The van der Waals surface area contributed by atoms with Crippen LogP contribution >= 0.6 is 0 Å². The Hall–Kier alpha value is -3.21. The number of pyridine rings is 2. The smallest absolute Gasteiger partial charge is 0.248 e. The summed E-state index contributed by atoms with van der Waals surface area (Å²) in [5, 5.41) is 3.21. The van der Waals surface area contributed by atoms with E-state index in [-0.39, 0.29) is 0 Å². The Morgan fingerprint density at radius 3 is 2.48 bits per heavy atom. The quantitative estimate of drug-likeness (QED) is 0.759. The van der Waals surface area contributed by atoms with Crippen LogP contribution in [0, 0.1) is 20.8 Å². The van der Waals surface area contributed by atoms with Gasteiger partial charge < -0.3 is 11.1 Å². The number of rotatable bonds is 4. The lowest BCUT2D eigenvalue weighted by Gasteiger charge is -2.16. The van der Waals surface area contributed by atoms with E-state index in [2.05, 4.69) is 15.3 Å². The third-order valence-corrected chi connectivity index (χ3v) is 4.35. The number of hydrogen-bond donors (Lipinski definition) is 2. The Bertz CT molecular complexity index is 919. The second-order valence-electron chi connectivity index (χ2n) is 6.03. The molecule has 0 aliphatic carbocycles. The first-order valence-electron chi connectivity index (χ1n) is 8.01. The van der Waals surface area contributed by atoms with E-state index in [1.54, 1.807) is 12.4 Å². The van der Waals surface area contributed by atoms with Gasteiger partial charge in [0.2, 0.25) is 5.91 Å². The standard InChI is InChI=1S/C20H20N4O/c1-12-9-17(20(21)25)13(2)14(3)19(12)15-6-7-18(23-10-15)24-16-5-4-8-22-11-16/h4-11H,1-3H3,(H2,21,25)(H,23,24). The highest BCUT2D eigenvalue weighted by Gasteiger charge is 2.15. The van der Waals surface area contributed by atoms with Crippen molar-refractivity contribution in [3.05, 3.63) is 71.2 Å². The molecular weight excluding hydrogens is 312 g/mol. The van der Waals surface area contributed by atoms with E-state index in [1.165, 1.54) is 0 Å². The normalized spacial score (nSPS) is 10.5. The number of hydrogen-bond acceptors (Lipinski definition) is 4. The van der Waals surface area contributed by atoms with Crippen molar-refractivity contribution < 1.29 is 4.79 Å². The Labute approximate surface area is 146 Å². The summed E-state index contributed by atoms with van der Waals surface area (Å²) in [6.07, 6.45) is 5.30. The third-order valence-electron chi connectivity index (χ3n) is 4.35. The minimum absolute atomic E-state index is 0.399. The molecule has 0 saturated carbocycles. The Morgan fingerprint density at radius 1 is 1.08 bits per heavy atom. The van der Waals surface area contributed by atoms with Crippen LogP contribution < -0.4 is 11.1 Å². The maximum absolute atomic E-state index is 11.6.